The van der Waals surface area contributed by atoms with E-state index < -0.39 is 0 Å². The van der Waals surface area contributed by atoms with Crippen molar-refractivity contribution in [2.24, 2.45) is 0 Å². The van der Waals surface area contributed by atoms with Crippen LogP contribution >= 0.6 is 11.6 Å². The summed E-state index contributed by atoms with van der Waals surface area (Å²) in [5.74, 6) is 0.272. The summed E-state index contributed by atoms with van der Waals surface area (Å²) >= 11 is 6.14. The molecule has 3 aromatic rings. The topological polar surface area (TPSA) is 49.6 Å². The fraction of sp³-hybridized carbons (Fsp3) is 0.300. The van der Waals surface area contributed by atoms with E-state index in [9.17, 15) is 4.79 Å². The number of carbonyl (C=O) groups is 1. The molecule has 6 heteroatoms. The smallest absolute Gasteiger partial charge is 0.289 e. The average molecular weight is 370 g/mol. The van der Waals surface area contributed by atoms with Gasteiger partial charge in [0, 0.05) is 48.6 Å². The Morgan fingerprint density at radius 3 is 2.62 bits per heavy atom. The van der Waals surface area contributed by atoms with Crippen LogP contribution in [0, 0.1) is 13.8 Å². The number of hydrogen-bond donors (Lipinski definition) is 0. The molecule has 26 heavy (non-hydrogen) atoms. The molecule has 5 nitrogen and oxygen atoms in total. The highest BCUT2D eigenvalue weighted by atomic mass is 35.5. The lowest BCUT2D eigenvalue weighted by molar-refractivity contribution is 0.0717. The number of fused-ring (bicyclic) bond motifs is 1. The largest absolute Gasteiger partial charge is 0.449 e. The fourth-order valence-corrected chi connectivity index (χ4v) is 3.53. The molecule has 0 radical (unpaired) electrons. The third-order valence-electron chi connectivity index (χ3n) is 4.80. The van der Waals surface area contributed by atoms with Crippen LogP contribution in [-0.2, 0) is 0 Å². The predicted octanol–water partition coefficient (Wildman–Crippen LogP) is 4.06. The number of aromatic nitrogens is 1. The van der Waals surface area contributed by atoms with Crippen LogP contribution in [-0.4, -0.2) is 42.0 Å². The van der Waals surface area contributed by atoms with Crippen LogP contribution in [0.15, 0.2) is 40.8 Å². The number of rotatable bonds is 2. The maximum absolute atomic E-state index is 12.8. The Morgan fingerprint density at radius 1 is 1.08 bits per heavy atom. The first-order chi connectivity index (χ1) is 12.5. The van der Waals surface area contributed by atoms with Crippen molar-refractivity contribution in [1.29, 1.82) is 0 Å². The van der Waals surface area contributed by atoms with Crippen molar-refractivity contribution in [3.8, 4) is 0 Å². The molecule has 3 heterocycles. The Bertz CT molecular complexity index is 974. The molecule has 0 saturated carbocycles. The number of halogens is 1. The Balaban J connectivity index is 1.48. The zero-order chi connectivity index (χ0) is 18.3. The average Bonchev–Trinajstić information content (AvgIpc) is 3.06. The second-order valence-electron chi connectivity index (χ2n) is 6.66. The molecule has 0 unspecified atom stereocenters. The molecule has 1 aromatic carbocycles. The molecule has 4 rings (SSSR count). The van der Waals surface area contributed by atoms with Gasteiger partial charge in [-0.15, -0.1) is 0 Å². The maximum Gasteiger partial charge on any atom is 0.289 e. The van der Waals surface area contributed by atoms with E-state index in [2.05, 4.69) is 16.8 Å². The normalized spacial score (nSPS) is 14.9. The minimum absolute atomic E-state index is 0.0804. The molecule has 0 bridgehead atoms. The van der Waals surface area contributed by atoms with E-state index in [1.165, 1.54) is 5.56 Å². The van der Waals surface area contributed by atoms with Crippen LogP contribution in [0.25, 0.3) is 11.1 Å². The van der Waals surface area contributed by atoms with Crippen molar-refractivity contribution in [1.82, 2.24) is 9.88 Å². The molecular formula is C20H20ClN3O2. The summed E-state index contributed by atoms with van der Waals surface area (Å²) in [6.45, 7) is 6.83. The third kappa shape index (κ3) is 3.15. The number of anilines is 1. The number of carbonyl (C=O) groups excluding carboxylic acids is 1. The van der Waals surface area contributed by atoms with Gasteiger partial charge < -0.3 is 14.2 Å². The second kappa shape index (κ2) is 6.65. The summed E-state index contributed by atoms with van der Waals surface area (Å²) in [4.78, 5) is 21.3. The number of nitrogens with zero attached hydrogens (tertiary/aromatic N) is 3. The fourth-order valence-electron chi connectivity index (χ4n) is 3.36. The third-order valence-corrected chi connectivity index (χ3v) is 5.04. The summed E-state index contributed by atoms with van der Waals surface area (Å²) in [6, 6.07) is 11.4. The minimum atomic E-state index is -0.0804. The Hall–Kier alpha value is -2.53. The van der Waals surface area contributed by atoms with E-state index in [1.807, 2.05) is 42.2 Å². The first-order valence-corrected chi connectivity index (χ1v) is 9.06. The maximum atomic E-state index is 12.8. The zero-order valence-electron chi connectivity index (χ0n) is 14.8. The first kappa shape index (κ1) is 16.9. The van der Waals surface area contributed by atoms with E-state index in [0.29, 0.717) is 24.4 Å². The summed E-state index contributed by atoms with van der Waals surface area (Å²) in [7, 11) is 0. The molecule has 1 saturated heterocycles. The van der Waals surface area contributed by atoms with Gasteiger partial charge in [0.1, 0.15) is 5.52 Å². The number of pyridine rings is 1. The van der Waals surface area contributed by atoms with Crippen LogP contribution in [0.4, 0.5) is 5.69 Å². The van der Waals surface area contributed by atoms with E-state index in [0.717, 1.165) is 35.0 Å². The summed E-state index contributed by atoms with van der Waals surface area (Å²) in [6.07, 6.45) is 0. The van der Waals surface area contributed by atoms with E-state index in [1.54, 1.807) is 6.07 Å². The van der Waals surface area contributed by atoms with E-state index in [4.69, 9.17) is 16.0 Å². The van der Waals surface area contributed by atoms with Gasteiger partial charge in [-0.3, -0.25) is 4.79 Å². The number of furan rings is 1. The van der Waals surface area contributed by atoms with Crippen molar-refractivity contribution in [3.05, 3.63) is 58.4 Å². The Labute approximate surface area is 157 Å². The molecule has 0 atom stereocenters. The van der Waals surface area contributed by atoms with Crippen LogP contribution in [0.5, 0.6) is 0 Å². The molecule has 2 aromatic heterocycles. The summed E-state index contributed by atoms with van der Waals surface area (Å²) in [5.41, 5.74) is 4.59. The molecule has 134 valence electrons. The highest BCUT2D eigenvalue weighted by Gasteiger charge is 2.25. The van der Waals surface area contributed by atoms with Crippen molar-refractivity contribution < 1.29 is 9.21 Å². The van der Waals surface area contributed by atoms with Gasteiger partial charge in [-0.1, -0.05) is 17.7 Å². The highest BCUT2D eigenvalue weighted by molar-refractivity contribution is 6.30. The van der Waals surface area contributed by atoms with Crippen LogP contribution in [0.2, 0.25) is 5.02 Å². The van der Waals surface area contributed by atoms with Gasteiger partial charge in [0.15, 0.2) is 11.3 Å². The molecule has 1 aliphatic rings. The van der Waals surface area contributed by atoms with Gasteiger partial charge in [0.25, 0.3) is 5.91 Å². The first-order valence-electron chi connectivity index (χ1n) is 8.69. The summed E-state index contributed by atoms with van der Waals surface area (Å²) in [5, 5.41) is 0.731. The van der Waals surface area contributed by atoms with Gasteiger partial charge in [-0.05, 0) is 43.7 Å². The summed E-state index contributed by atoms with van der Waals surface area (Å²) < 4.78 is 5.70. The molecule has 0 N–H and O–H groups in total. The van der Waals surface area contributed by atoms with E-state index in [-0.39, 0.29) is 5.91 Å². The Morgan fingerprint density at radius 2 is 1.85 bits per heavy atom. The zero-order valence-corrected chi connectivity index (χ0v) is 15.6. The van der Waals surface area contributed by atoms with Crippen molar-refractivity contribution in [2.45, 2.75) is 13.8 Å². The van der Waals surface area contributed by atoms with E-state index >= 15 is 0 Å². The quantitative estimate of drug-likeness (QED) is 0.683. The number of benzene rings is 1. The molecule has 1 amide bonds. The molecule has 1 aliphatic heterocycles. The molecular weight excluding hydrogens is 350 g/mol. The van der Waals surface area contributed by atoms with Gasteiger partial charge >= 0.3 is 0 Å². The predicted molar refractivity (Wildman–Crippen MR) is 103 cm³/mol. The SMILES string of the molecule is Cc1ccc2oc(C(=O)N3CCN(c4cc(Cl)ccc4C)CC3)cc2n1. The van der Waals surface area contributed by atoms with Crippen LogP contribution in [0.1, 0.15) is 21.8 Å². The van der Waals surface area contributed by atoms with Crippen molar-refractivity contribution in [3.63, 3.8) is 0 Å². The van der Waals surface area contributed by atoms with Crippen molar-refractivity contribution in [2.75, 3.05) is 31.1 Å². The number of amides is 1. The van der Waals surface area contributed by atoms with Gasteiger partial charge in [0.2, 0.25) is 0 Å². The lowest BCUT2D eigenvalue weighted by atomic mass is 10.1. The van der Waals surface area contributed by atoms with Crippen LogP contribution < -0.4 is 4.90 Å². The van der Waals surface area contributed by atoms with Crippen molar-refractivity contribution >= 4 is 34.3 Å². The standard InChI is InChI=1S/C20H20ClN3O2/c1-13-3-5-15(21)11-17(13)23-7-9-24(10-8-23)20(25)19-12-16-18(26-19)6-4-14(2)22-16/h3-6,11-12H,7-10H2,1-2H3. The second-order valence-corrected chi connectivity index (χ2v) is 7.09. The van der Waals surface area contributed by atoms with Gasteiger partial charge in [-0.25, -0.2) is 4.98 Å². The molecule has 1 fully saturated rings. The monoisotopic (exact) mass is 369 g/mol. The number of hydrogen-bond acceptors (Lipinski definition) is 4. The van der Waals surface area contributed by atoms with Crippen LogP contribution in [0.3, 0.4) is 0 Å². The molecule has 0 spiro atoms. The number of aryl methyl sites for hydroxylation is 2. The molecule has 0 aliphatic carbocycles. The van der Waals surface area contributed by atoms with Gasteiger partial charge in [-0.2, -0.15) is 0 Å². The minimum Gasteiger partial charge on any atom is -0.449 e. The number of piperazine rings is 1. The lowest BCUT2D eigenvalue weighted by Gasteiger charge is -2.36. The lowest BCUT2D eigenvalue weighted by Crippen LogP contribution is -2.48. The Kier molecular flexibility index (Phi) is 4.32. The highest BCUT2D eigenvalue weighted by Crippen LogP contribution is 2.26. The van der Waals surface area contributed by atoms with Gasteiger partial charge in [0.05, 0.1) is 0 Å².